The fourth-order valence-electron chi connectivity index (χ4n) is 3.68. The molecule has 1 atom stereocenters. The summed E-state index contributed by atoms with van der Waals surface area (Å²) in [5.41, 5.74) is 5.02. The van der Waals surface area contributed by atoms with Crippen LogP contribution in [0.15, 0.2) is 35.6 Å². The molecule has 1 aromatic heterocycles. The Kier molecular flexibility index (Phi) is 5.47. The van der Waals surface area contributed by atoms with Gasteiger partial charge in [0.1, 0.15) is 11.6 Å². The second-order valence-corrected chi connectivity index (χ2v) is 7.93. The summed E-state index contributed by atoms with van der Waals surface area (Å²) in [4.78, 5) is 6.00. The number of alkyl halides is 3. The molecule has 29 heavy (non-hydrogen) atoms. The number of hydrogen-bond acceptors (Lipinski definition) is 5. The molecule has 0 saturated heterocycles. The Balaban J connectivity index is 1.83. The molecule has 2 heterocycles. The van der Waals surface area contributed by atoms with Crippen LogP contribution >= 0.6 is 0 Å². The van der Waals surface area contributed by atoms with Gasteiger partial charge in [0.2, 0.25) is 0 Å². The summed E-state index contributed by atoms with van der Waals surface area (Å²) < 4.78 is 43.4. The number of halogens is 3. The van der Waals surface area contributed by atoms with Gasteiger partial charge in [0, 0.05) is 36.1 Å². The minimum absolute atomic E-state index is 0.0445. The van der Waals surface area contributed by atoms with Crippen LogP contribution in [0.1, 0.15) is 49.8 Å². The summed E-state index contributed by atoms with van der Waals surface area (Å²) >= 11 is 0. The molecular formula is C21H25F3N4O. The second kappa shape index (κ2) is 7.57. The van der Waals surface area contributed by atoms with Gasteiger partial charge in [0.25, 0.3) is 0 Å². The van der Waals surface area contributed by atoms with Gasteiger partial charge in [-0.1, -0.05) is 6.92 Å². The van der Waals surface area contributed by atoms with Crippen LogP contribution in [-0.2, 0) is 6.18 Å². The number of nitrogens with zero attached hydrogens (tertiary/aromatic N) is 3. The van der Waals surface area contributed by atoms with Gasteiger partial charge >= 0.3 is 6.18 Å². The van der Waals surface area contributed by atoms with Crippen molar-refractivity contribution in [2.24, 2.45) is 5.10 Å². The quantitative estimate of drug-likeness (QED) is 0.555. The normalized spacial score (nSPS) is 18.6. The van der Waals surface area contributed by atoms with Gasteiger partial charge in [-0.15, -0.1) is 0 Å². The van der Waals surface area contributed by atoms with Crippen LogP contribution in [-0.4, -0.2) is 30.9 Å². The molecule has 1 N–H and O–H groups in total. The summed E-state index contributed by atoms with van der Waals surface area (Å²) in [5.74, 6) is 1.27. The molecule has 0 amide bonds. The minimum atomic E-state index is -4.41. The number of benzene rings is 1. The predicted molar refractivity (Wildman–Crippen MR) is 109 cm³/mol. The number of fused-ring (bicyclic) bond motifs is 1. The first-order chi connectivity index (χ1) is 13.5. The Labute approximate surface area is 168 Å². The van der Waals surface area contributed by atoms with Crippen molar-refractivity contribution in [3.63, 3.8) is 0 Å². The number of rotatable bonds is 4. The number of nitrogens with one attached hydrogen (secondary N) is 1. The first kappa shape index (κ1) is 21.0. The molecule has 5 nitrogen and oxygen atoms in total. The van der Waals surface area contributed by atoms with Gasteiger partial charge in [0.15, 0.2) is 0 Å². The van der Waals surface area contributed by atoms with Crippen LogP contribution in [0.2, 0.25) is 0 Å². The van der Waals surface area contributed by atoms with Gasteiger partial charge in [-0.25, -0.2) is 4.98 Å². The Morgan fingerprint density at radius 2 is 2.03 bits per heavy atom. The van der Waals surface area contributed by atoms with Gasteiger partial charge in [-0.2, -0.15) is 18.3 Å². The molecule has 8 heteroatoms. The average Bonchev–Trinajstić information content (AvgIpc) is 2.65. The predicted octanol–water partition coefficient (Wildman–Crippen LogP) is 5.28. The molecule has 0 spiro atoms. The number of methoxy groups -OCH3 is 1. The summed E-state index contributed by atoms with van der Waals surface area (Å²) in [6, 6.07) is 6.26. The zero-order valence-electron chi connectivity index (χ0n) is 17.1. The molecule has 1 aromatic carbocycles. The molecule has 3 rings (SSSR count). The Bertz CT molecular complexity index is 907. The van der Waals surface area contributed by atoms with Crippen molar-refractivity contribution in [1.29, 1.82) is 0 Å². The van der Waals surface area contributed by atoms with Crippen LogP contribution in [0.3, 0.4) is 0 Å². The highest BCUT2D eigenvalue weighted by atomic mass is 19.4. The van der Waals surface area contributed by atoms with Crippen molar-refractivity contribution in [3.05, 3.63) is 47.2 Å². The van der Waals surface area contributed by atoms with Crippen LogP contribution in [0, 0.1) is 0 Å². The third-order valence-electron chi connectivity index (χ3n) is 5.46. The SMILES string of the molecule is COc1cc2c(cc1/C=N/Nc1ccc(C(F)(F)F)cn1)C(C)CC(C)(C)N2C. The fraction of sp³-hybridized carbons (Fsp3) is 0.429. The van der Waals surface area contributed by atoms with Crippen LogP contribution in [0.4, 0.5) is 24.7 Å². The molecule has 0 saturated carbocycles. The zero-order chi connectivity index (χ0) is 21.4. The molecule has 1 aliphatic rings. The van der Waals surface area contributed by atoms with Gasteiger partial charge in [-0.05, 0) is 49.9 Å². The molecule has 0 bridgehead atoms. The first-order valence-electron chi connectivity index (χ1n) is 9.31. The number of hydrogen-bond donors (Lipinski definition) is 1. The van der Waals surface area contributed by atoms with E-state index < -0.39 is 11.7 Å². The molecule has 1 unspecified atom stereocenters. The molecule has 1 aliphatic heterocycles. The number of anilines is 2. The third kappa shape index (κ3) is 4.31. The van der Waals surface area contributed by atoms with E-state index in [2.05, 4.69) is 54.3 Å². The fourth-order valence-corrected chi connectivity index (χ4v) is 3.68. The topological polar surface area (TPSA) is 49.8 Å². The Morgan fingerprint density at radius 1 is 1.31 bits per heavy atom. The van der Waals surface area contributed by atoms with E-state index in [0.717, 1.165) is 29.9 Å². The molecule has 0 aliphatic carbocycles. The standard InChI is InChI=1S/C21H25F3N4O/c1-13-10-20(2,3)28(4)17-9-18(29-5)14(8-16(13)17)11-26-27-19-7-6-15(12-25-19)21(22,23)24/h6-9,11-13H,10H2,1-5H3,(H,25,27)/b26-11+. The third-order valence-corrected chi connectivity index (χ3v) is 5.46. The smallest absolute Gasteiger partial charge is 0.417 e. The summed E-state index contributed by atoms with van der Waals surface area (Å²) in [6.07, 6.45) is -1.03. The van der Waals surface area contributed by atoms with E-state index in [0.29, 0.717) is 11.7 Å². The largest absolute Gasteiger partial charge is 0.496 e. The minimum Gasteiger partial charge on any atom is -0.496 e. The lowest BCUT2D eigenvalue weighted by atomic mass is 9.80. The molecule has 0 fully saturated rings. The van der Waals surface area contributed by atoms with E-state index in [1.807, 2.05) is 6.07 Å². The van der Waals surface area contributed by atoms with Crippen molar-refractivity contribution in [2.75, 3.05) is 24.5 Å². The first-order valence-corrected chi connectivity index (χ1v) is 9.31. The maximum Gasteiger partial charge on any atom is 0.417 e. The number of hydrazone groups is 1. The monoisotopic (exact) mass is 406 g/mol. The lowest BCUT2D eigenvalue weighted by Gasteiger charge is -2.45. The van der Waals surface area contributed by atoms with Crippen molar-refractivity contribution in [2.45, 2.75) is 44.8 Å². The number of aromatic nitrogens is 1. The summed E-state index contributed by atoms with van der Waals surface area (Å²) in [7, 11) is 3.68. The second-order valence-electron chi connectivity index (χ2n) is 7.93. The van der Waals surface area contributed by atoms with Crippen molar-refractivity contribution in [1.82, 2.24) is 4.98 Å². The lowest BCUT2D eigenvalue weighted by molar-refractivity contribution is -0.137. The Hall–Kier alpha value is -2.77. The number of pyridine rings is 1. The summed E-state index contributed by atoms with van der Waals surface area (Å²) in [6.45, 7) is 6.63. The van der Waals surface area contributed by atoms with Crippen LogP contribution in [0.5, 0.6) is 5.75 Å². The van der Waals surface area contributed by atoms with E-state index in [1.54, 1.807) is 13.3 Å². The lowest BCUT2D eigenvalue weighted by Crippen LogP contribution is -2.45. The Morgan fingerprint density at radius 3 is 2.62 bits per heavy atom. The van der Waals surface area contributed by atoms with E-state index in [-0.39, 0.29) is 11.4 Å². The highest BCUT2D eigenvalue weighted by molar-refractivity contribution is 5.86. The molecular weight excluding hydrogens is 381 g/mol. The highest BCUT2D eigenvalue weighted by Gasteiger charge is 2.35. The maximum atomic E-state index is 12.6. The zero-order valence-corrected chi connectivity index (χ0v) is 17.1. The molecule has 156 valence electrons. The van der Waals surface area contributed by atoms with Crippen LogP contribution in [0.25, 0.3) is 0 Å². The van der Waals surface area contributed by atoms with Crippen LogP contribution < -0.4 is 15.1 Å². The summed E-state index contributed by atoms with van der Waals surface area (Å²) in [5, 5.41) is 4.12. The highest BCUT2D eigenvalue weighted by Crippen LogP contribution is 2.44. The van der Waals surface area contributed by atoms with Crippen molar-refractivity contribution in [3.8, 4) is 5.75 Å². The van der Waals surface area contributed by atoms with Gasteiger partial charge in [-0.3, -0.25) is 5.43 Å². The van der Waals surface area contributed by atoms with E-state index >= 15 is 0 Å². The van der Waals surface area contributed by atoms with Crippen molar-refractivity contribution < 1.29 is 17.9 Å². The van der Waals surface area contributed by atoms with E-state index in [9.17, 15) is 13.2 Å². The molecule has 0 radical (unpaired) electrons. The number of ether oxygens (including phenoxy) is 1. The van der Waals surface area contributed by atoms with E-state index in [1.165, 1.54) is 11.6 Å². The maximum absolute atomic E-state index is 12.6. The van der Waals surface area contributed by atoms with Gasteiger partial charge < -0.3 is 9.64 Å². The average molecular weight is 406 g/mol. The van der Waals surface area contributed by atoms with Crippen molar-refractivity contribution >= 4 is 17.7 Å². The van der Waals surface area contributed by atoms with E-state index in [4.69, 9.17) is 4.74 Å². The van der Waals surface area contributed by atoms with Gasteiger partial charge in [0.05, 0.1) is 18.9 Å². The molecule has 2 aromatic rings.